The largest absolute Gasteiger partial charge is 0.478 e. The van der Waals surface area contributed by atoms with Crippen LogP contribution >= 0.6 is 0 Å². The first kappa shape index (κ1) is 13.5. The molecule has 0 fully saturated rings. The van der Waals surface area contributed by atoms with E-state index in [4.69, 9.17) is 9.47 Å². The van der Waals surface area contributed by atoms with Crippen LogP contribution in [-0.2, 0) is 6.42 Å². The van der Waals surface area contributed by atoms with Crippen molar-refractivity contribution in [3.05, 3.63) is 35.7 Å². The highest BCUT2D eigenvalue weighted by molar-refractivity contribution is 5.88. The Morgan fingerprint density at radius 1 is 1.38 bits per heavy atom. The molecule has 0 saturated carbocycles. The third kappa shape index (κ3) is 2.44. The quantitative estimate of drug-likeness (QED) is 0.915. The van der Waals surface area contributed by atoms with E-state index in [-0.39, 0.29) is 12.4 Å². The van der Waals surface area contributed by atoms with Gasteiger partial charge in [-0.25, -0.2) is 9.48 Å². The van der Waals surface area contributed by atoms with E-state index in [2.05, 4.69) is 12.0 Å². The van der Waals surface area contributed by atoms with Crippen molar-refractivity contribution in [2.75, 3.05) is 6.79 Å². The number of ether oxygens (including phenoxy) is 2. The van der Waals surface area contributed by atoms with Gasteiger partial charge in [-0.05, 0) is 25.0 Å². The Bertz CT molecular complexity index is 678. The monoisotopic (exact) mass is 288 g/mol. The van der Waals surface area contributed by atoms with E-state index in [0.29, 0.717) is 23.6 Å². The minimum atomic E-state index is -0.951. The Balaban J connectivity index is 2.03. The fourth-order valence-corrected chi connectivity index (χ4v) is 2.38. The van der Waals surface area contributed by atoms with Crippen molar-refractivity contribution in [2.45, 2.75) is 26.2 Å². The van der Waals surface area contributed by atoms with Crippen LogP contribution < -0.4 is 9.47 Å². The first-order valence-electron chi connectivity index (χ1n) is 6.91. The first-order valence-corrected chi connectivity index (χ1v) is 6.91. The molecule has 1 N–H and O–H groups in total. The molecule has 6 heteroatoms. The summed E-state index contributed by atoms with van der Waals surface area (Å²) in [6.45, 7) is 2.28. The number of nitrogens with zero attached hydrogens (tertiary/aromatic N) is 2. The van der Waals surface area contributed by atoms with Gasteiger partial charge in [-0.2, -0.15) is 5.10 Å². The Labute approximate surface area is 121 Å². The standard InChI is InChI=1S/C15H16N2O4/c1-2-3-4-12-11(15(18)19)8-16-17(12)10-5-6-13-14(7-10)21-9-20-13/h5-8H,2-4,9H2,1H3,(H,18,19). The highest BCUT2D eigenvalue weighted by Gasteiger charge is 2.19. The highest BCUT2D eigenvalue weighted by Crippen LogP contribution is 2.34. The molecule has 0 unspecified atom stereocenters. The molecule has 0 bridgehead atoms. The number of carbonyl (C=O) groups is 1. The molecule has 1 aliphatic heterocycles. The van der Waals surface area contributed by atoms with Crippen molar-refractivity contribution in [2.24, 2.45) is 0 Å². The predicted molar refractivity (Wildman–Crippen MR) is 75.3 cm³/mol. The number of rotatable bonds is 5. The average molecular weight is 288 g/mol. The van der Waals surface area contributed by atoms with Crippen molar-refractivity contribution in [1.82, 2.24) is 9.78 Å². The molecule has 3 rings (SSSR count). The van der Waals surface area contributed by atoms with Crippen molar-refractivity contribution >= 4 is 5.97 Å². The Kier molecular flexibility index (Phi) is 3.51. The second-order valence-electron chi connectivity index (χ2n) is 4.86. The van der Waals surface area contributed by atoms with Gasteiger partial charge in [0.05, 0.1) is 17.6 Å². The average Bonchev–Trinajstić information content (AvgIpc) is 3.10. The fraction of sp³-hybridized carbons (Fsp3) is 0.333. The number of hydrogen-bond donors (Lipinski definition) is 1. The van der Waals surface area contributed by atoms with E-state index in [1.165, 1.54) is 6.20 Å². The van der Waals surface area contributed by atoms with Gasteiger partial charge in [0, 0.05) is 6.07 Å². The molecule has 110 valence electrons. The number of unbranched alkanes of at least 4 members (excludes halogenated alkanes) is 1. The number of carboxylic acid groups (broad SMARTS) is 1. The molecule has 2 aromatic rings. The molecule has 1 aliphatic rings. The number of fused-ring (bicyclic) bond motifs is 1. The second kappa shape index (κ2) is 5.47. The van der Waals surface area contributed by atoms with Crippen molar-refractivity contribution in [3.8, 4) is 17.2 Å². The van der Waals surface area contributed by atoms with Crippen LogP contribution in [0.4, 0.5) is 0 Å². The van der Waals surface area contributed by atoms with Gasteiger partial charge in [0.25, 0.3) is 0 Å². The Morgan fingerprint density at radius 2 is 2.19 bits per heavy atom. The van der Waals surface area contributed by atoms with Gasteiger partial charge in [-0.1, -0.05) is 13.3 Å². The molecular formula is C15H16N2O4. The number of aromatic nitrogens is 2. The molecule has 6 nitrogen and oxygen atoms in total. The van der Waals surface area contributed by atoms with Gasteiger partial charge < -0.3 is 14.6 Å². The van der Waals surface area contributed by atoms with Gasteiger partial charge in [-0.15, -0.1) is 0 Å². The second-order valence-corrected chi connectivity index (χ2v) is 4.86. The van der Waals surface area contributed by atoms with Gasteiger partial charge >= 0.3 is 5.97 Å². The van der Waals surface area contributed by atoms with E-state index in [1.807, 2.05) is 18.2 Å². The predicted octanol–water partition coefficient (Wildman–Crippen LogP) is 2.64. The summed E-state index contributed by atoms with van der Waals surface area (Å²) in [6.07, 6.45) is 3.98. The van der Waals surface area contributed by atoms with Gasteiger partial charge in [0.1, 0.15) is 5.56 Å². The number of aromatic carboxylic acids is 1. The normalized spacial score (nSPS) is 12.6. The van der Waals surface area contributed by atoms with E-state index in [0.717, 1.165) is 18.5 Å². The molecule has 2 heterocycles. The lowest BCUT2D eigenvalue weighted by Gasteiger charge is -2.09. The molecule has 0 atom stereocenters. The summed E-state index contributed by atoms with van der Waals surface area (Å²) in [7, 11) is 0. The minimum absolute atomic E-state index is 0.209. The van der Waals surface area contributed by atoms with E-state index in [9.17, 15) is 9.90 Å². The summed E-state index contributed by atoms with van der Waals surface area (Å²) >= 11 is 0. The number of hydrogen-bond acceptors (Lipinski definition) is 4. The SMILES string of the molecule is CCCCc1c(C(=O)O)cnn1-c1ccc2c(c1)OCO2. The van der Waals surface area contributed by atoms with Crippen LogP contribution in [0.15, 0.2) is 24.4 Å². The van der Waals surface area contributed by atoms with Gasteiger partial charge in [-0.3, -0.25) is 0 Å². The van der Waals surface area contributed by atoms with E-state index < -0.39 is 5.97 Å². The maximum atomic E-state index is 11.3. The summed E-state index contributed by atoms with van der Waals surface area (Å²) in [4.78, 5) is 11.3. The summed E-state index contributed by atoms with van der Waals surface area (Å²) in [5.74, 6) is 0.397. The maximum absolute atomic E-state index is 11.3. The lowest BCUT2D eigenvalue weighted by Crippen LogP contribution is -2.06. The summed E-state index contributed by atoms with van der Waals surface area (Å²) < 4.78 is 12.3. The first-order chi connectivity index (χ1) is 10.2. The zero-order valence-corrected chi connectivity index (χ0v) is 11.7. The number of carboxylic acids is 1. The molecule has 0 amide bonds. The molecule has 21 heavy (non-hydrogen) atoms. The molecular weight excluding hydrogens is 272 g/mol. The van der Waals surface area contributed by atoms with Crippen molar-refractivity contribution < 1.29 is 19.4 Å². The van der Waals surface area contributed by atoms with Crippen LogP contribution in [0.3, 0.4) is 0 Å². The van der Waals surface area contributed by atoms with Crippen molar-refractivity contribution in [3.63, 3.8) is 0 Å². The third-order valence-electron chi connectivity index (χ3n) is 3.47. The van der Waals surface area contributed by atoms with Crippen LogP contribution in [0, 0.1) is 0 Å². The highest BCUT2D eigenvalue weighted by atomic mass is 16.7. The Hall–Kier alpha value is -2.50. The molecule has 1 aromatic heterocycles. The van der Waals surface area contributed by atoms with Crippen LogP contribution in [0.25, 0.3) is 5.69 Å². The summed E-state index contributed by atoms with van der Waals surface area (Å²) in [5.41, 5.74) is 1.74. The van der Waals surface area contributed by atoms with E-state index in [1.54, 1.807) is 4.68 Å². The molecule has 0 spiro atoms. The Morgan fingerprint density at radius 3 is 2.95 bits per heavy atom. The maximum Gasteiger partial charge on any atom is 0.339 e. The topological polar surface area (TPSA) is 73.6 Å². The van der Waals surface area contributed by atoms with Crippen LogP contribution in [0.5, 0.6) is 11.5 Å². The van der Waals surface area contributed by atoms with Crippen LogP contribution in [0.1, 0.15) is 35.8 Å². The summed E-state index contributed by atoms with van der Waals surface area (Å²) in [6, 6.07) is 5.47. The third-order valence-corrected chi connectivity index (χ3v) is 3.47. The zero-order chi connectivity index (χ0) is 14.8. The number of benzene rings is 1. The van der Waals surface area contributed by atoms with Crippen molar-refractivity contribution in [1.29, 1.82) is 0 Å². The molecule has 0 radical (unpaired) electrons. The van der Waals surface area contributed by atoms with Gasteiger partial charge in [0.15, 0.2) is 11.5 Å². The lowest BCUT2D eigenvalue weighted by molar-refractivity contribution is 0.0695. The lowest BCUT2D eigenvalue weighted by atomic mass is 10.1. The summed E-state index contributed by atoms with van der Waals surface area (Å²) in [5, 5.41) is 13.5. The minimum Gasteiger partial charge on any atom is -0.478 e. The van der Waals surface area contributed by atoms with Crippen LogP contribution in [-0.4, -0.2) is 27.6 Å². The molecule has 0 saturated heterocycles. The van der Waals surface area contributed by atoms with Crippen LogP contribution in [0.2, 0.25) is 0 Å². The van der Waals surface area contributed by atoms with Gasteiger partial charge in [0.2, 0.25) is 6.79 Å². The fourth-order valence-electron chi connectivity index (χ4n) is 2.38. The zero-order valence-electron chi connectivity index (χ0n) is 11.7. The molecule has 0 aliphatic carbocycles. The smallest absolute Gasteiger partial charge is 0.339 e. The van der Waals surface area contributed by atoms with E-state index >= 15 is 0 Å². The molecule has 1 aromatic carbocycles.